The van der Waals surface area contributed by atoms with Gasteiger partial charge in [0.05, 0.1) is 49.2 Å². The molecule has 0 aliphatic carbocycles. The SMILES string of the molecule is CN[C@@H](COC)[C@H](O)[C@H](O)C(=O)NCC[C@H](C)c1nc(/C=C/C[C@@H]2OC3(C[C@@H](O)[C@@H]2C)O[C@H]([C@H](C[C@H](O)[C@H](C)[C@H](O)[C@H](C)/C=C(C)/C(C)=C/C=C/C(C)=C\C#N)OC)[C@H](OP(=O)(O)O)C3(C)C)co1. The summed E-state index contributed by atoms with van der Waals surface area (Å²) in [5.74, 6) is -3.64. The third kappa shape index (κ3) is 16.3. The first kappa shape index (κ1) is 59.9. The van der Waals surface area contributed by atoms with Crippen molar-refractivity contribution in [2.75, 3.05) is 34.4 Å². The number of nitriles is 1. The number of nitrogens with zero attached hydrogens (tertiary/aromatic N) is 2. The van der Waals surface area contributed by atoms with Crippen molar-refractivity contribution >= 4 is 19.8 Å². The number of aromatic nitrogens is 1. The number of aliphatic hydroxyl groups is 5. The second-order valence-electron chi connectivity index (χ2n) is 19.2. The van der Waals surface area contributed by atoms with Crippen molar-refractivity contribution in [3.05, 3.63) is 71.0 Å². The van der Waals surface area contributed by atoms with Gasteiger partial charge in [-0.3, -0.25) is 9.32 Å². The van der Waals surface area contributed by atoms with E-state index in [4.69, 9.17) is 33.2 Å². The fraction of sp³-hybridized carbons (Fsp3) is 0.694. The minimum absolute atomic E-state index is 0.0646. The van der Waals surface area contributed by atoms with Crippen molar-refractivity contribution < 1.29 is 72.6 Å². The summed E-state index contributed by atoms with van der Waals surface area (Å²) in [4.78, 5) is 37.4. The maximum atomic E-state index is 12.5. The summed E-state index contributed by atoms with van der Waals surface area (Å²) in [5.41, 5.74) is 1.87. The van der Waals surface area contributed by atoms with E-state index in [1.54, 1.807) is 33.9 Å². The molecule has 2 saturated heterocycles. The van der Waals surface area contributed by atoms with Crippen LogP contribution in [0.4, 0.5) is 0 Å². The number of phosphoric acid groups is 1. The van der Waals surface area contributed by atoms with Crippen LogP contribution >= 0.6 is 7.82 Å². The molecule has 1 aromatic heterocycles. The van der Waals surface area contributed by atoms with Gasteiger partial charge in [-0.25, -0.2) is 9.55 Å². The Morgan fingerprint density at radius 1 is 1.09 bits per heavy atom. The lowest BCUT2D eigenvalue weighted by atomic mass is 9.72. The molecular formula is C49H79N4O15P. The molecule has 2 aliphatic heterocycles. The highest BCUT2D eigenvalue weighted by Gasteiger charge is 2.68. The number of phosphoric ester groups is 1. The van der Waals surface area contributed by atoms with Crippen LogP contribution in [0.2, 0.25) is 0 Å². The largest absolute Gasteiger partial charge is 0.469 e. The first-order valence-electron chi connectivity index (χ1n) is 23.5. The number of ether oxygens (including phenoxy) is 4. The van der Waals surface area contributed by atoms with E-state index < -0.39 is 97.7 Å². The van der Waals surface area contributed by atoms with Gasteiger partial charge < -0.3 is 69.3 Å². The number of oxazole rings is 1. The Morgan fingerprint density at radius 3 is 2.38 bits per heavy atom. The second-order valence-corrected chi connectivity index (χ2v) is 20.4. The maximum absolute atomic E-state index is 12.5. The smallest absolute Gasteiger partial charge is 0.448 e. The number of carbonyl (C=O) groups is 1. The predicted octanol–water partition coefficient (Wildman–Crippen LogP) is 4.35. The zero-order valence-corrected chi connectivity index (χ0v) is 43.1. The molecule has 1 aromatic rings. The number of methoxy groups -OCH3 is 2. The molecule has 1 unspecified atom stereocenters. The Morgan fingerprint density at radius 2 is 1.77 bits per heavy atom. The molecule has 9 N–H and O–H groups in total. The first-order chi connectivity index (χ1) is 32.3. The third-order valence-electron chi connectivity index (χ3n) is 13.8. The zero-order chi connectivity index (χ0) is 52.0. The first-order valence-corrected chi connectivity index (χ1v) is 25.0. The van der Waals surface area contributed by atoms with Crippen LogP contribution in [0.3, 0.4) is 0 Å². The molecule has 0 saturated carbocycles. The lowest BCUT2D eigenvalue weighted by Gasteiger charge is -2.50. The lowest BCUT2D eigenvalue weighted by Crippen LogP contribution is -2.58. The molecule has 3 rings (SSSR count). The average molecular weight is 995 g/mol. The number of hydrogen-bond donors (Lipinski definition) is 9. The van der Waals surface area contributed by atoms with Gasteiger partial charge in [-0.2, -0.15) is 5.26 Å². The standard InChI is InChI=1S/C49H79N4O15P/c1-28(19-21-50)15-13-16-29(2)31(4)23-32(5)41(56)34(7)37(54)24-40(64-12)44-45(68-69(60,61)62)48(8,9)49(67-44)25-38(55)33(6)39(66-49)18-14-17-35-26-65-47(53-35)30(3)20-22-52-46(59)43(58)42(57)36(51-10)27-63-11/h13-17,19,23,26,30,32-34,36-45,51,54-58H,18,20,22,24-25,27H2,1-12H3,(H,52,59)(H2,60,61,62)/b15-13+,17-14+,28-19-,29-16+,31-23+/t30-,32+,33-,34-,36-,37-,38+,39-,40-,41+,42-,43-,44+,45-,49?/m0/s1. The molecule has 2 aliphatic rings. The van der Waals surface area contributed by atoms with Crippen LogP contribution in [0.1, 0.15) is 105 Å². The van der Waals surface area contributed by atoms with Gasteiger partial charge in [-0.15, -0.1) is 0 Å². The predicted molar refractivity (Wildman–Crippen MR) is 258 cm³/mol. The van der Waals surface area contributed by atoms with Crippen molar-refractivity contribution in [1.29, 1.82) is 5.26 Å². The van der Waals surface area contributed by atoms with Crippen molar-refractivity contribution in [2.24, 2.45) is 23.2 Å². The second kappa shape index (κ2) is 26.9. The highest BCUT2D eigenvalue weighted by Crippen LogP contribution is 2.59. The van der Waals surface area contributed by atoms with Crippen LogP contribution in [0.15, 0.2) is 63.9 Å². The number of aliphatic hydroxyl groups excluding tert-OH is 5. The summed E-state index contributed by atoms with van der Waals surface area (Å²) in [6.07, 6.45) is 4.07. The van der Waals surface area contributed by atoms with Crippen LogP contribution in [-0.4, -0.2) is 147 Å². The Labute approximate surface area is 407 Å². The highest BCUT2D eigenvalue weighted by molar-refractivity contribution is 7.46. The molecule has 3 heterocycles. The van der Waals surface area contributed by atoms with Gasteiger partial charge in [0.2, 0.25) is 0 Å². The van der Waals surface area contributed by atoms with Gasteiger partial charge in [0.1, 0.15) is 30.3 Å². The molecule has 2 fully saturated rings. The minimum atomic E-state index is -5.15. The number of carbonyl (C=O) groups excluding carboxylic acids is 1. The van der Waals surface area contributed by atoms with Crippen LogP contribution in [0.5, 0.6) is 0 Å². The van der Waals surface area contributed by atoms with E-state index in [1.807, 2.05) is 78.0 Å². The van der Waals surface area contributed by atoms with Crippen LogP contribution in [0.25, 0.3) is 6.08 Å². The topological polar surface area (TPSA) is 296 Å². The Balaban J connectivity index is 1.74. The summed E-state index contributed by atoms with van der Waals surface area (Å²) < 4.78 is 48.1. The van der Waals surface area contributed by atoms with Crippen molar-refractivity contribution in [3.63, 3.8) is 0 Å². The number of rotatable bonds is 26. The van der Waals surface area contributed by atoms with Gasteiger partial charge in [0, 0.05) is 68.8 Å². The molecule has 1 spiro atoms. The molecule has 0 radical (unpaired) electrons. The normalized spacial score (nSPS) is 27.7. The van der Waals surface area contributed by atoms with Crippen LogP contribution < -0.4 is 10.6 Å². The number of nitrogens with one attached hydrogen (secondary N) is 2. The van der Waals surface area contributed by atoms with E-state index in [0.717, 1.165) is 16.7 Å². The summed E-state index contributed by atoms with van der Waals surface area (Å²) in [6.45, 7) is 16.6. The van der Waals surface area contributed by atoms with Gasteiger partial charge in [-0.05, 0) is 57.9 Å². The molecule has 20 heteroatoms. The molecule has 69 heavy (non-hydrogen) atoms. The van der Waals surface area contributed by atoms with Gasteiger partial charge >= 0.3 is 7.82 Å². The third-order valence-corrected chi connectivity index (χ3v) is 14.3. The van der Waals surface area contributed by atoms with Crippen LogP contribution in [-0.2, 0) is 32.8 Å². The Bertz CT molecular complexity index is 2040. The lowest BCUT2D eigenvalue weighted by molar-refractivity contribution is -0.334. The Kier molecular flexibility index (Phi) is 23.3. The number of hydrogen-bond acceptors (Lipinski definition) is 16. The van der Waals surface area contributed by atoms with E-state index in [9.17, 15) is 44.7 Å². The molecule has 19 nitrogen and oxygen atoms in total. The maximum Gasteiger partial charge on any atom is 0.469 e. The fourth-order valence-electron chi connectivity index (χ4n) is 8.78. The van der Waals surface area contributed by atoms with E-state index in [0.29, 0.717) is 18.0 Å². The minimum Gasteiger partial charge on any atom is -0.448 e. The van der Waals surface area contributed by atoms with E-state index >= 15 is 0 Å². The van der Waals surface area contributed by atoms with Crippen molar-refractivity contribution in [2.45, 2.75) is 161 Å². The summed E-state index contributed by atoms with van der Waals surface area (Å²) in [5, 5.41) is 69.5. The number of amides is 1. The number of likely N-dealkylation sites (N-methyl/N-ethyl adjacent to an activating group) is 1. The molecular weight excluding hydrogens is 916 g/mol. The monoisotopic (exact) mass is 995 g/mol. The molecule has 0 aromatic carbocycles. The molecule has 15 atom stereocenters. The molecule has 390 valence electrons. The quantitative estimate of drug-likeness (QED) is 0.0354. The Hall–Kier alpha value is -3.42. The van der Waals surface area contributed by atoms with Gasteiger partial charge in [0.15, 0.2) is 17.8 Å². The van der Waals surface area contributed by atoms with Gasteiger partial charge in [-0.1, -0.05) is 77.5 Å². The fourth-order valence-corrected chi connectivity index (χ4v) is 9.46. The van der Waals surface area contributed by atoms with Crippen molar-refractivity contribution in [3.8, 4) is 6.07 Å². The van der Waals surface area contributed by atoms with Crippen LogP contribution in [0, 0.1) is 34.5 Å². The van der Waals surface area contributed by atoms with E-state index in [1.165, 1.54) is 26.6 Å². The zero-order valence-electron chi connectivity index (χ0n) is 42.2. The van der Waals surface area contributed by atoms with Crippen molar-refractivity contribution in [1.82, 2.24) is 15.6 Å². The highest BCUT2D eigenvalue weighted by atomic mass is 31.2. The van der Waals surface area contributed by atoms with Gasteiger partial charge in [0.25, 0.3) is 5.91 Å². The summed E-state index contributed by atoms with van der Waals surface area (Å²) >= 11 is 0. The molecule has 1 amide bonds. The summed E-state index contributed by atoms with van der Waals surface area (Å²) in [7, 11) is -0.735. The van der Waals surface area contributed by atoms with E-state index in [-0.39, 0.29) is 44.2 Å². The summed E-state index contributed by atoms with van der Waals surface area (Å²) in [6, 6.07) is 1.35. The number of allylic oxidation sites excluding steroid dienone is 7. The van der Waals surface area contributed by atoms with E-state index in [2.05, 4.69) is 15.6 Å². The average Bonchev–Trinajstić information content (AvgIpc) is 3.84. The molecule has 0 bridgehead atoms.